The predicted octanol–water partition coefficient (Wildman–Crippen LogP) is 2.60. The van der Waals surface area contributed by atoms with E-state index >= 15 is 0 Å². The van der Waals surface area contributed by atoms with Gasteiger partial charge in [-0.1, -0.05) is 11.6 Å². The number of hydrogen-bond donors (Lipinski definition) is 0. The van der Waals surface area contributed by atoms with Crippen LogP contribution in [0.1, 0.15) is 12.5 Å². The second-order valence-electron chi connectivity index (χ2n) is 3.46. The lowest BCUT2D eigenvalue weighted by atomic mass is 10.1. The van der Waals surface area contributed by atoms with Gasteiger partial charge in [-0.15, -0.1) is 0 Å². The molecule has 0 N–H and O–H groups in total. The Morgan fingerprint density at radius 2 is 2.05 bits per heavy atom. The summed E-state index contributed by atoms with van der Waals surface area (Å²) < 4.78 is 22.7. The first-order chi connectivity index (χ1) is 8.97. The van der Waals surface area contributed by atoms with Crippen LogP contribution in [0.2, 0.25) is 5.02 Å². The summed E-state index contributed by atoms with van der Waals surface area (Å²) in [4.78, 5) is 22.7. The third kappa shape index (κ3) is 4.37. The molecule has 0 aliphatic heterocycles. The lowest BCUT2D eigenvalue weighted by Gasteiger charge is -2.07. The van der Waals surface area contributed by atoms with Crippen LogP contribution in [-0.2, 0) is 19.1 Å². The van der Waals surface area contributed by atoms with Crippen LogP contribution >= 0.6 is 11.6 Å². The third-order valence-electron chi connectivity index (χ3n) is 2.11. The average Bonchev–Trinajstić information content (AvgIpc) is 2.34. The Labute approximate surface area is 114 Å². The maximum Gasteiger partial charge on any atom is 0.379 e. The second kappa shape index (κ2) is 6.89. The molecule has 6 heteroatoms. The minimum Gasteiger partial charge on any atom is -0.496 e. The molecule has 0 spiro atoms. The van der Waals surface area contributed by atoms with Gasteiger partial charge in [0.1, 0.15) is 11.6 Å². The van der Waals surface area contributed by atoms with Gasteiger partial charge in [0.15, 0.2) is 0 Å². The largest absolute Gasteiger partial charge is 0.496 e. The molecule has 0 aromatic heterocycles. The van der Waals surface area contributed by atoms with Crippen LogP contribution in [-0.4, -0.2) is 25.5 Å². The van der Waals surface area contributed by atoms with Crippen molar-refractivity contribution in [1.29, 1.82) is 0 Å². The van der Waals surface area contributed by atoms with Crippen LogP contribution in [0.4, 0.5) is 4.39 Å². The van der Waals surface area contributed by atoms with Crippen molar-refractivity contribution in [3.63, 3.8) is 0 Å². The highest BCUT2D eigenvalue weighted by Crippen LogP contribution is 2.21. The van der Waals surface area contributed by atoms with Crippen molar-refractivity contribution in [2.24, 2.45) is 0 Å². The Morgan fingerprint density at radius 3 is 2.58 bits per heavy atom. The standard InChI is InChI=1S/C13H12ClFO4/c1-3-19-13(17)11(16)7-12(18-2)8-4-9(14)6-10(15)5-8/h4-7H,3H2,1-2H3/b12-7-. The second-order valence-corrected chi connectivity index (χ2v) is 3.89. The molecule has 0 fully saturated rings. The first-order valence-corrected chi connectivity index (χ1v) is 5.79. The molecule has 0 aliphatic carbocycles. The SMILES string of the molecule is CCOC(=O)C(=O)/C=C(\OC)c1cc(F)cc(Cl)c1. The highest BCUT2D eigenvalue weighted by molar-refractivity contribution is 6.39. The zero-order valence-electron chi connectivity index (χ0n) is 10.4. The molecule has 0 aliphatic rings. The first-order valence-electron chi connectivity index (χ1n) is 5.41. The maximum atomic E-state index is 13.2. The van der Waals surface area contributed by atoms with Crippen LogP contribution in [0.15, 0.2) is 24.3 Å². The van der Waals surface area contributed by atoms with Crippen LogP contribution in [0.3, 0.4) is 0 Å². The number of ether oxygens (including phenoxy) is 2. The van der Waals surface area contributed by atoms with Gasteiger partial charge >= 0.3 is 5.97 Å². The predicted molar refractivity (Wildman–Crippen MR) is 68.0 cm³/mol. The fraction of sp³-hybridized carbons (Fsp3) is 0.231. The van der Waals surface area contributed by atoms with Gasteiger partial charge in [-0.25, -0.2) is 9.18 Å². The maximum absolute atomic E-state index is 13.2. The number of halogens is 2. The number of carbonyl (C=O) groups excluding carboxylic acids is 2. The normalized spacial score (nSPS) is 11.1. The number of carbonyl (C=O) groups is 2. The van der Waals surface area contributed by atoms with Gasteiger partial charge in [0.25, 0.3) is 5.78 Å². The van der Waals surface area contributed by atoms with Gasteiger partial charge in [-0.3, -0.25) is 4.79 Å². The van der Waals surface area contributed by atoms with E-state index in [2.05, 4.69) is 4.74 Å². The molecule has 0 radical (unpaired) electrons. The molecule has 0 amide bonds. The molecule has 1 rings (SSSR count). The average molecular weight is 287 g/mol. The topological polar surface area (TPSA) is 52.6 Å². The number of hydrogen-bond acceptors (Lipinski definition) is 4. The van der Waals surface area contributed by atoms with Gasteiger partial charge < -0.3 is 9.47 Å². The summed E-state index contributed by atoms with van der Waals surface area (Å²) in [5.41, 5.74) is 0.255. The minimum absolute atomic E-state index is 0.0273. The van der Waals surface area contributed by atoms with Crippen LogP contribution in [0.5, 0.6) is 0 Å². The van der Waals surface area contributed by atoms with E-state index < -0.39 is 17.6 Å². The molecule has 0 unspecified atom stereocenters. The number of benzene rings is 1. The summed E-state index contributed by atoms with van der Waals surface area (Å²) in [6.07, 6.45) is 0.934. The van der Waals surface area contributed by atoms with Gasteiger partial charge in [0, 0.05) is 16.7 Å². The Hall–Kier alpha value is -1.88. The van der Waals surface area contributed by atoms with Gasteiger partial charge in [0.2, 0.25) is 0 Å². The molecule has 0 atom stereocenters. The first kappa shape index (κ1) is 15.2. The van der Waals surface area contributed by atoms with E-state index in [1.165, 1.54) is 13.2 Å². The summed E-state index contributed by atoms with van der Waals surface area (Å²) in [6, 6.07) is 3.67. The summed E-state index contributed by atoms with van der Waals surface area (Å²) in [7, 11) is 1.29. The fourth-order valence-corrected chi connectivity index (χ4v) is 1.56. The van der Waals surface area contributed by atoms with Crippen LogP contribution in [0.25, 0.3) is 5.76 Å². The Kier molecular flexibility index (Phi) is 5.51. The van der Waals surface area contributed by atoms with E-state index in [0.717, 1.165) is 18.2 Å². The number of ketones is 1. The fourth-order valence-electron chi connectivity index (χ4n) is 1.34. The molecule has 1 aromatic rings. The van der Waals surface area contributed by atoms with Crippen molar-refractivity contribution < 1.29 is 23.5 Å². The van der Waals surface area contributed by atoms with Crippen molar-refractivity contribution in [3.8, 4) is 0 Å². The molecular formula is C13H12ClFO4. The van der Waals surface area contributed by atoms with Gasteiger partial charge in [0.05, 0.1) is 13.7 Å². The Morgan fingerprint density at radius 1 is 1.37 bits per heavy atom. The molecule has 102 valence electrons. The van der Waals surface area contributed by atoms with Crippen LogP contribution in [0, 0.1) is 5.82 Å². The summed E-state index contributed by atoms with van der Waals surface area (Å²) in [5.74, 6) is -2.44. The van der Waals surface area contributed by atoms with E-state index in [0.29, 0.717) is 0 Å². The van der Waals surface area contributed by atoms with Crippen molar-refractivity contribution in [2.75, 3.05) is 13.7 Å². The van der Waals surface area contributed by atoms with Crippen molar-refractivity contribution >= 4 is 29.1 Å². The highest BCUT2D eigenvalue weighted by atomic mass is 35.5. The number of methoxy groups -OCH3 is 1. The molecule has 0 saturated heterocycles. The quantitative estimate of drug-likeness (QED) is 0.361. The lowest BCUT2D eigenvalue weighted by Crippen LogP contribution is -2.15. The molecule has 1 aromatic carbocycles. The number of rotatable bonds is 5. The number of esters is 1. The molecular weight excluding hydrogens is 275 g/mol. The minimum atomic E-state index is -1.00. The van der Waals surface area contributed by atoms with Crippen LogP contribution < -0.4 is 0 Å². The van der Waals surface area contributed by atoms with Gasteiger partial charge in [-0.2, -0.15) is 0 Å². The Balaban J connectivity index is 3.05. The molecule has 0 heterocycles. The van der Waals surface area contributed by atoms with E-state index in [9.17, 15) is 14.0 Å². The van der Waals surface area contributed by atoms with E-state index in [4.69, 9.17) is 16.3 Å². The summed E-state index contributed by atoms with van der Waals surface area (Å²) in [5, 5.41) is 0.154. The zero-order chi connectivity index (χ0) is 14.4. The third-order valence-corrected chi connectivity index (χ3v) is 2.32. The smallest absolute Gasteiger partial charge is 0.379 e. The Bertz CT molecular complexity index is 505. The van der Waals surface area contributed by atoms with E-state index in [1.54, 1.807) is 6.92 Å². The zero-order valence-corrected chi connectivity index (χ0v) is 11.2. The van der Waals surface area contributed by atoms with Crippen molar-refractivity contribution in [1.82, 2.24) is 0 Å². The van der Waals surface area contributed by atoms with Crippen molar-refractivity contribution in [2.45, 2.75) is 6.92 Å². The summed E-state index contributed by atoms with van der Waals surface area (Å²) in [6.45, 7) is 1.67. The monoisotopic (exact) mass is 286 g/mol. The molecule has 4 nitrogen and oxygen atoms in total. The molecule has 0 saturated carbocycles. The van der Waals surface area contributed by atoms with E-state index in [1.807, 2.05) is 0 Å². The molecule has 0 bridgehead atoms. The lowest BCUT2D eigenvalue weighted by molar-refractivity contribution is -0.151. The van der Waals surface area contributed by atoms with Crippen molar-refractivity contribution in [3.05, 3.63) is 40.7 Å². The van der Waals surface area contributed by atoms with E-state index in [-0.39, 0.29) is 23.0 Å². The summed E-state index contributed by atoms with van der Waals surface area (Å²) >= 11 is 5.70. The van der Waals surface area contributed by atoms with Gasteiger partial charge in [-0.05, 0) is 25.1 Å². The highest BCUT2D eigenvalue weighted by Gasteiger charge is 2.15. The molecule has 19 heavy (non-hydrogen) atoms.